The fourth-order valence-corrected chi connectivity index (χ4v) is 1.67. The van der Waals surface area contributed by atoms with Crippen LogP contribution in [0.15, 0.2) is 18.2 Å². The number of amides is 1. The van der Waals surface area contributed by atoms with Crippen LogP contribution in [0.2, 0.25) is 0 Å². The van der Waals surface area contributed by atoms with Crippen molar-refractivity contribution in [3.8, 4) is 11.5 Å². The van der Waals surface area contributed by atoms with Gasteiger partial charge in [-0.15, -0.1) is 0 Å². The summed E-state index contributed by atoms with van der Waals surface area (Å²) < 4.78 is 10.5. The van der Waals surface area contributed by atoms with Gasteiger partial charge >= 0.3 is 0 Å². The van der Waals surface area contributed by atoms with E-state index in [1.165, 1.54) is 0 Å². The number of fused-ring (bicyclic) bond motifs is 1. The van der Waals surface area contributed by atoms with Gasteiger partial charge in [-0.05, 0) is 24.1 Å². The van der Waals surface area contributed by atoms with Gasteiger partial charge in [0.25, 0.3) is 0 Å². The number of carbonyl (C=O) groups excluding carboxylic acids is 1. The lowest BCUT2D eigenvalue weighted by atomic mass is 10.1. The van der Waals surface area contributed by atoms with E-state index in [1.54, 1.807) is 11.9 Å². The summed E-state index contributed by atoms with van der Waals surface area (Å²) in [6, 6.07) is 5.82. The molecule has 0 radical (unpaired) electrons. The standard InChI is InChI=1S/C12H16N2O3/c1-14(12(15)7-13)5-4-9-2-3-10-11(6-9)17-8-16-10/h2-3,6H,4-5,7-8,13H2,1H3. The van der Waals surface area contributed by atoms with E-state index in [9.17, 15) is 4.79 Å². The number of likely N-dealkylation sites (N-methyl/N-ethyl adjacent to an activating group) is 1. The second kappa shape index (κ2) is 5.05. The molecule has 0 aliphatic carbocycles. The van der Waals surface area contributed by atoms with Gasteiger partial charge in [-0.1, -0.05) is 6.07 Å². The van der Waals surface area contributed by atoms with Crippen LogP contribution in [0.5, 0.6) is 11.5 Å². The zero-order valence-electron chi connectivity index (χ0n) is 9.81. The topological polar surface area (TPSA) is 64.8 Å². The molecule has 0 saturated heterocycles. The van der Waals surface area contributed by atoms with E-state index < -0.39 is 0 Å². The Bertz CT molecular complexity index is 420. The predicted molar refractivity (Wildman–Crippen MR) is 63.0 cm³/mol. The predicted octanol–water partition coefficient (Wildman–Crippen LogP) is 0.375. The number of nitrogens with two attached hydrogens (primary N) is 1. The van der Waals surface area contributed by atoms with E-state index in [0.717, 1.165) is 23.5 Å². The molecule has 0 fully saturated rings. The molecule has 92 valence electrons. The first kappa shape index (κ1) is 11.7. The molecule has 0 atom stereocenters. The monoisotopic (exact) mass is 236 g/mol. The third-order valence-electron chi connectivity index (χ3n) is 2.77. The molecule has 0 unspecified atom stereocenters. The van der Waals surface area contributed by atoms with Gasteiger partial charge in [-0.3, -0.25) is 4.79 Å². The van der Waals surface area contributed by atoms with E-state index in [2.05, 4.69) is 0 Å². The van der Waals surface area contributed by atoms with Gasteiger partial charge in [0, 0.05) is 13.6 Å². The quantitative estimate of drug-likeness (QED) is 0.820. The number of benzene rings is 1. The third kappa shape index (κ3) is 2.68. The number of ether oxygens (including phenoxy) is 2. The Morgan fingerprint density at radius 1 is 1.41 bits per heavy atom. The molecule has 1 amide bonds. The molecular formula is C12H16N2O3. The van der Waals surface area contributed by atoms with E-state index in [4.69, 9.17) is 15.2 Å². The molecule has 0 spiro atoms. The maximum atomic E-state index is 11.3. The van der Waals surface area contributed by atoms with Crippen molar-refractivity contribution in [1.82, 2.24) is 4.90 Å². The summed E-state index contributed by atoms with van der Waals surface area (Å²) >= 11 is 0. The minimum absolute atomic E-state index is 0.0502. The molecule has 0 bridgehead atoms. The first-order valence-corrected chi connectivity index (χ1v) is 5.53. The van der Waals surface area contributed by atoms with Crippen LogP contribution in [0.1, 0.15) is 5.56 Å². The smallest absolute Gasteiger partial charge is 0.236 e. The molecule has 1 aliphatic rings. The summed E-state index contributed by atoms with van der Waals surface area (Å²) in [6.07, 6.45) is 0.777. The molecule has 1 aliphatic heterocycles. The number of nitrogens with zero attached hydrogens (tertiary/aromatic N) is 1. The van der Waals surface area contributed by atoms with Crippen molar-refractivity contribution in [2.24, 2.45) is 5.73 Å². The fourth-order valence-electron chi connectivity index (χ4n) is 1.67. The summed E-state index contributed by atoms with van der Waals surface area (Å²) in [4.78, 5) is 12.9. The first-order valence-electron chi connectivity index (χ1n) is 5.53. The van der Waals surface area contributed by atoms with Crippen molar-refractivity contribution in [2.75, 3.05) is 26.9 Å². The molecule has 2 rings (SSSR count). The van der Waals surface area contributed by atoms with Crippen LogP contribution < -0.4 is 15.2 Å². The summed E-state index contributed by atoms with van der Waals surface area (Å²) in [6.45, 7) is 0.984. The lowest BCUT2D eigenvalue weighted by Crippen LogP contribution is -2.34. The zero-order chi connectivity index (χ0) is 12.3. The molecule has 0 saturated carbocycles. The maximum absolute atomic E-state index is 11.3. The summed E-state index contributed by atoms with van der Waals surface area (Å²) in [7, 11) is 1.75. The van der Waals surface area contributed by atoms with Gasteiger partial charge in [-0.2, -0.15) is 0 Å². The minimum atomic E-state index is -0.0502. The van der Waals surface area contributed by atoms with Crippen LogP contribution in [0.25, 0.3) is 0 Å². The number of hydrogen-bond acceptors (Lipinski definition) is 4. The lowest BCUT2D eigenvalue weighted by molar-refractivity contribution is -0.128. The Balaban J connectivity index is 1.93. The van der Waals surface area contributed by atoms with Crippen molar-refractivity contribution in [2.45, 2.75) is 6.42 Å². The summed E-state index contributed by atoms with van der Waals surface area (Å²) in [5.74, 6) is 1.50. The fraction of sp³-hybridized carbons (Fsp3) is 0.417. The third-order valence-corrected chi connectivity index (χ3v) is 2.77. The molecular weight excluding hydrogens is 220 g/mol. The van der Waals surface area contributed by atoms with Crippen LogP contribution in [-0.2, 0) is 11.2 Å². The van der Waals surface area contributed by atoms with E-state index in [1.807, 2.05) is 18.2 Å². The average Bonchev–Trinajstić information content (AvgIpc) is 2.82. The molecule has 17 heavy (non-hydrogen) atoms. The van der Waals surface area contributed by atoms with Crippen LogP contribution >= 0.6 is 0 Å². The van der Waals surface area contributed by atoms with Gasteiger partial charge in [0.05, 0.1) is 6.54 Å². The Morgan fingerprint density at radius 3 is 2.94 bits per heavy atom. The Morgan fingerprint density at radius 2 is 2.18 bits per heavy atom. The minimum Gasteiger partial charge on any atom is -0.454 e. The molecule has 0 aromatic heterocycles. The number of carbonyl (C=O) groups is 1. The van der Waals surface area contributed by atoms with Crippen LogP contribution in [0.3, 0.4) is 0 Å². The maximum Gasteiger partial charge on any atom is 0.236 e. The van der Waals surface area contributed by atoms with Gasteiger partial charge in [-0.25, -0.2) is 0 Å². The normalized spacial score (nSPS) is 12.6. The molecule has 5 nitrogen and oxygen atoms in total. The van der Waals surface area contributed by atoms with E-state index >= 15 is 0 Å². The zero-order valence-corrected chi connectivity index (χ0v) is 9.81. The van der Waals surface area contributed by atoms with E-state index in [-0.39, 0.29) is 19.2 Å². The van der Waals surface area contributed by atoms with Gasteiger partial charge in [0.15, 0.2) is 11.5 Å². The van der Waals surface area contributed by atoms with Crippen molar-refractivity contribution < 1.29 is 14.3 Å². The number of hydrogen-bond donors (Lipinski definition) is 1. The van der Waals surface area contributed by atoms with Crippen molar-refractivity contribution in [3.05, 3.63) is 23.8 Å². The van der Waals surface area contributed by atoms with Crippen LogP contribution in [-0.4, -0.2) is 37.7 Å². The Labute approximate surface area is 100 Å². The highest BCUT2D eigenvalue weighted by molar-refractivity contribution is 5.77. The van der Waals surface area contributed by atoms with Gasteiger partial charge in [0.1, 0.15) is 0 Å². The van der Waals surface area contributed by atoms with Crippen molar-refractivity contribution in [1.29, 1.82) is 0 Å². The highest BCUT2D eigenvalue weighted by Crippen LogP contribution is 2.32. The molecule has 1 aromatic carbocycles. The summed E-state index contributed by atoms with van der Waals surface area (Å²) in [5, 5.41) is 0. The largest absolute Gasteiger partial charge is 0.454 e. The van der Waals surface area contributed by atoms with Gasteiger partial charge < -0.3 is 20.1 Å². The number of rotatable bonds is 4. The van der Waals surface area contributed by atoms with Gasteiger partial charge in [0.2, 0.25) is 12.7 Å². The Kier molecular flexibility index (Phi) is 3.49. The average molecular weight is 236 g/mol. The van der Waals surface area contributed by atoms with Crippen LogP contribution in [0, 0.1) is 0 Å². The highest BCUT2D eigenvalue weighted by atomic mass is 16.7. The highest BCUT2D eigenvalue weighted by Gasteiger charge is 2.13. The second-order valence-electron chi connectivity index (χ2n) is 3.96. The van der Waals surface area contributed by atoms with Crippen LogP contribution in [0.4, 0.5) is 0 Å². The Hall–Kier alpha value is -1.75. The SMILES string of the molecule is CN(CCc1ccc2c(c1)OCO2)C(=O)CN. The summed E-state index contributed by atoms with van der Waals surface area (Å²) in [5.41, 5.74) is 6.40. The lowest BCUT2D eigenvalue weighted by Gasteiger charge is -2.15. The molecule has 1 heterocycles. The van der Waals surface area contributed by atoms with Crippen molar-refractivity contribution in [3.63, 3.8) is 0 Å². The first-order chi connectivity index (χ1) is 8.20. The van der Waals surface area contributed by atoms with Crippen molar-refractivity contribution >= 4 is 5.91 Å². The molecule has 1 aromatic rings. The molecule has 2 N–H and O–H groups in total. The second-order valence-corrected chi connectivity index (χ2v) is 3.96. The molecule has 5 heteroatoms. The van der Waals surface area contributed by atoms with E-state index in [0.29, 0.717) is 6.54 Å².